The van der Waals surface area contributed by atoms with Gasteiger partial charge >= 0.3 is 0 Å². The minimum absolute atomic E-state index is 0.376. The molecule has 1 unspecified atom stereocenters. The normalized spacial score (nSPS) is 19.9. The van der Waals surface area contributed by atoms with Crippen LogP contribution in [-0.4, -0.2) is 56.2 Å². The fourth-order valence-corrected chi connectivity index (χ4v) is 6.67. The van der Waals surface area contributed by atoms with E-state index >= 15 is 0 Å². The Labute approximate surface area is 237 Å². The maximum atomic E-state index is 6.23. The average molecular weight is 560 g/mol. The number of rotatable bonds is 8. The zero-order valence-electron chi connectivity index (χ0n) is 22.1. The Balaban J connectivity index is 0.000000173. The zero-order chi connectivity index (χ0) is 26.0. The van der Waals surface area contributed by atoms with Gasteiger partial charge in [-0.1, -0.05) is 59.6 Å². The number of benzene rings is 2. The maximum absolute atomic E-state index is 6.23. The summed E-state index contributed by atoms with van der Waals surface area (Å²) in [5.41, 5.74) is 4.03. The molecule has 2 aliphatic heterocycles. The van der Waals surface area contributed by atoms with Crippen molar-refractivity contribution in [1.29, 1.82) is 0 Å². The summed E-state index contributed by atoms with van der Waals surface area (Å²) in [6.45, 7) is 5.66. The Kier molecular flexibility index (Phi) is 11.3. The Morgan fingerprint density at radius 1 is 1.00 bits per heavy atom. The Morgan fingerprint density at radius 3 is 2.46 bits per heavy atom. The number of likely N-dealkylation sites (tertiary alicyclic amines) is 2. The largest absolute Gasteiger partial charge is 0.381 e. The van der Waals surface area contributed by atoms with Gasteiger partial charge in [-0.15, -0.1) is 0 Å². The highest BCUT2D eigenvalue weighted by Gasteiger charge is 2.24. The molecule has 37 heavy (non-hydrogen) atoms. The third-order valence-corrected chi connectivity index (χ3v) is 9.06. The van der Waals surface area contributed by atoms with E-state index in [1.165, 1.54) is 49.9 Å². The molecular weight excluding hydrogens is 519 g/mol. The lowest BCUT2D eigenvalue weighted by atomic mass is 9.89. The monoisotopic (exact) mass is 558 g/mol. The maximum Gasteiger partial charge on any atom is 0.0614 e. The molecular formula is C31H40Cl2N2OS. The second kappa shape index (κ2) is 14.7. The molecule has 2 atom stereocenters. The SMILES string of the molecule is COC(Cc1ccccc1)CC1CCN(C)CC1.Clc1ccc(CN2CC[C@@H](c3ccsc3)C2)c(Cl)c1. The predicted molar refractivity (Wildman–Crippen MR) is 159 cm³/mol. The first-order valence-electron chi connectivity index (χ1n) is 13.4. The molecule has 5 rings (SSSR count). The van der Waals surface area contributed by atoms with Gasteiger partial charge in [0.05, 0.1) is 6.10 Å². The quantitative estimate of drug-likeness (QED) is 0.278. The number of hydrogen-bond acceptors (Lipinski definition) is 4. The van der Waals surface area contributed by atoms with Crippen molar-refractivity contribution in [2.45, 2.75) is 50.7 Å². The van der Waals surface area contributed by atoms with E-state index in [4.69, 9.17) is 27.9 Å². The molecule has 0 N–H and O–H groups in total. The first-order chi connectivity index (χ1) is 18.0. The summed E-state index contributed by atoms with van der Waals surface area (Å²) >= 11 is 13.9. The average Bonchev–Trinajstić information content (AvgIpc) is 3.60. The summed E-state index contributed by atoms with van der Waals surface area (Å²) in [5, 5.41) is 5.90. The van der Waals surface area contributed by atoms with E-state index in [1.807, 2.05) is 25.3 Å². The van der Waals surface area contributed by atoms with Crippen LogP contribution in [0, 0.1) is 5.92 Å². The molecule has 0 bridgehead atoms. The van der Waals surface area contributed by atoms with Crippen LogP contribution < -0.4 is 0 Å². The van der Waals surface area contributed by atoms with E-state index in [2.05, 4.69) is 64.0 Å². The molecule has 0 amide bonds. The summed E-state index contributed by atoms with van der Waals surface area (Å²) in [6, 6.07) is 18.7. The number of piperidine rings is 1. The van der Waals surface area contributed by atoms with Gasteiger partial charge in [-0.2, -0.15) is 11.3 Å². The van der Waals surface area contributed by atoms with Crippen molar-refractivity contribution in [3.05, 3.63) is 92.1 Å². The highest BCUT2D eigenvalue weighted by molar-refractivity contribution is 7.08. The van der Waals surface area contributed by atoms with E-state index in [1.54, 1.807) is 11.3 Å². The first-order valence-corrected chi connectivity index (χ1v) is 15.1. The van der Waals surface area contributed by atoms with Crippen LogP contribution in [0.5, 0.6) is 0 Å². The Hall–Kier alpha value is -1.40. The fraction of sp³-hybridized carbons (Fsp3) is 0.484. The smallest absolute Gasteiger partial charge is 0.0614 e. The van der Waals surface area contributed by atoms with Crippen LogP contribution in [0.25, 0.3) is 0 Å². The molecule has 3 nitrogen and oxygen atoms in total. The van der Waals surface area contributed by atoms with Crippen LogP contribution >= 0.6 is 34.5 Å². The van der Waals surface area contributed by atoms with Gasteiger partial charge < -0.3 is 9.64 Å². The molecule has 2 aromatic carbocycles. The number of ether oxygens (including phenoxy) is 1. The van der Waals surface area contributed by atoms with Crippen molar-refractivity contribution in [1.82, 2.24) is 9.80 Å². The van der Waals surface area contributed by atoms with Crippen LogP contribution in [0.1, 0.15) is 48.3 Å². The van der Waals surface area contributed by atoms with Gasteiger partial charge in [-0.25, -0.2) is 0 Å². The highest BCUT2D eigenvalue weighted by atomic mass is 35.5. The van der Waals surface area contributed by atoms with Crippen LogP contribution in [0.4, 0.5) is 0 Å². The van der Waals surface area contributed by atoms with Crippen molar-refractivity contribution in [2.24, 2.45) is 5.92 Å². The molecule has 2 aliphatic rings. The molecule has 0 spiro atoms. The van der Waals surface area contributed by atoms with Crippen LogP contribution in [0.3, 0.4) is 0 Å². The summed E-state index contributed by atoms with van der Waals surface area (Å²) in [6.07, 6.45) is 6.52. The van der Waals surface area contributed by atoms with E-state index in [9.17, 15) is 0 Å². The number of methoxy groups -OCH3 is 1. The standard InChI is InChI=1S/C16H25NO.C15H15Cl2NS/c1-17-10-8-15(9-11-17)13-16(18-2)12-14-6-4-3-5-7-14;16-14-2-1-12(15(17)7-14)9-18-5-3-11(8-18)13-4-6-19-10-13/h3-7,15-16H,8-13H2,1-2H3;1-2,4,6-7,10-11H,3,5,8-9H2/t;11-/m.1/s1. The second-order valence-corrected chi connectivity index (χ2v) is 12.2. The number of thiophene rings is 1. The lowest BCUT2D eigenvalue weighted by Gasteiger charge is -2.31. The number of halogens is 2. The summed E-state index contributed by atoms with van der Waals surface area (Å²) in [5.74, 6) is 1.52. The molecule has 2 saturated heterocycles. The molecule has 3 aromatic rings. The van der Waals surface area contributed by atoms with Gasteiger partial charge in [-0.3, -0.25) is 4.90 Å². The Bertz CT molecular complexity index is 1050. The first kappa shape index (κ1) is 28.6. The molecule has 0 aliphatic carbocycles. The summed E-state index contributed by atoms with van der Waals surface area (Å²) in [7, 11) is 4.07. The van der Waals surface area contributed by atoms with Crippen molar-refractivity contribution in [2.75, 3.05) is 40.3 Å². The molecule has 200 valence electrons. The van der Waals surface area contributed by atoms with Crippen molar-refractivity contribution >= 4 is 34.5 Å². The van der Waals surface area contributed by atoms with E-state index in [-0.39, 0.29) is 0 Å². The molecule has 3 heterocycles. The number of hydrogen-bond donors (Lipinski definition) is 0. The fourth-order valence-electron chi connectivity index (χ4n) is 5.46. The van der Waals surface area contributed by atoms with E-state index in [0.29, 0.717) is 17.0 Å². The van der Waals surface area contributed by atoms with Gasteiger partial charge in [0.15, 0.2) is 0 Å². The molecule has 0 saturated carbocycles. The van der Waals surface area contributed by atoms with Crippen molar-refractivity contribution in [3.63, 3.8) is 0 Å². The lowest BCUT2D eigenvalue weighted by Crippen LogP contribution is -2.32. The molecule has 1 aromatic heterocycles. The van der Waals surface area contributed by atoms with Gasteiger partial charge in [0.25, 0.3) is 0 Å². The third kappa shape index (κ3) is 9.09. The highest BCUT2D eigenvalue weighted by Crippen LogP contribution is 2.31. The second-order valence-electron chi connectivity index (χ2n) is 10.5. The van der Waals surface area contributed by atoms with Gasteiger partial charge in [-0.05, 0) is 116 Å². The van der Waals surface area contributed by atoms with Crippen LogP contribution in [-0.2, 0) is 17.7 Å². The summed E-state index contributed by atoms with van der Waals surface area (Å²) < 4.78 is 5.67. The van der Waals surface area contributed by atoms with Gasteiger partial charge in [0.1, 0.15) is 0 Å². The zero-order valence-corrected chi connectivity index (χ0v) is 24.4. The Morgan fingerprint density at radius 2 is 1.78 bits per heavy atom. The molecule has 0 radical (unpaired) electrons. The lowest BCUT2D eigenvalue weighted by molar-refractivity contribution is 0.0674. The summed E-state index contributed by atoms with van der Waals surface area (Å²) in [4.78, 5) is 4.90. The minimum Gasteiger partial charge on any atom is -0.381 e. The number of nitrogens with zero attached hydrogens (tertiary/aromatic N) is 2. The van der Waals surface area contributed by atoms with Crippen molar-refractivity contribution < 1.29 is 4.74 Å². The van der Waals surface area contributed by atoms with Gasteiger partial charge in [0, 0.05) is 30.2 Å². The third-order valence-electron chi connectivity index (χ3n) is 7.77. The molecule has 2 fully saturated rings. The van der Waals surface area contributed by atoms with Crippen LogP contribution in [0.2, 0.25) is 10.0 Å². The minimum atomic E-state index is 0.376. The van der Waals surface area contributed by atoms with E-state index in [0.717, 1.165) is 42.6 Å². The van der Waals surface area contributed by atoms with Crippen molar-refractivity contribution in [3.8, 4) is 0 Å². The van der Waals surface area contributed by atoms with Crippen LogP contribution in [0.15, 0.2) is 65.4 Å². The van der Waals surface area contributed by atoms with Gasteiger partial charge in [0.2, 0.25) is 0 Å². The van der Waals surface area contributed by atoms with E-state index < -0.39 is 0 Å². The molecule has 6 heteroatoms. The predicted octanol–water partition coefficient (Wildman–Crippen LogP) is 8.02. The topological polar surface area (TPSA) is 15.7 Å².